The first-order chi connectivity index (χ1) is 23.7. The van der Waals surface area contributed by atoms with Crippen LogP contribution in [-0.4, -0.2) is 67.3 Å². The molecule has 267 valence electrons. The van der Waals surface area contributed by atoms with Gasteiger partial charge in [-0.1, -0.05) is 104 Å². The van der Waals surface area contributed by atoms with Gasteiger partial charge in [-0.25, -0.2) is 0 Å². The zero-order chi connectivity index (χ0) is 36.0. The van der Waals surface area contributed by atoms with Crippen molar-refractivity contribution in [1.82, 2.24) is 0 Å². The van der Waals surface area contributed by atoms with E-state index in [1.54, 1.807) is 14.2 Å². The molecule has 0 aliphatic carbocycles. The zero-order valence-corrected chi connectivity index (χ0v) is 33.4. The zero-order valence-electron chi connectivity index (χ0n) is 29.3. The standard InChI is InChI=1S/C13H17BrO2.C13H18O2.C7H7Br.C5H8O2.BHNS/c1-15-13(5-7-16-8-6-13)12-4-2-3-11(9-12)10-14;1-11-4-3-5-12(10-11)13(14-2)6-8-15-9-7-13;1-6-3-2-4-7(8)5-6;6-5-1-3-7-4-2-5;1-2-3/h2-4,9H,5-8,10H2,1H3;3-5,10H,6-9H2,1-2H3;2-5H,1H3;1-4H2;3H. The Morgan fingerprint density at radius 3 is 1.53 bits per heavy atom. The van der Waals surface area contributed by atoms with Crippen molar-refractivity contribution in [2.24, 2.45) is 4.30 Å². The van der Waals surface area contributed by atoms with Gasteiger partial charge in [0.15, 0.2) is 0 Å². The van der Waals surface area contributed by atoms with Crippen molar-refractivity contribution in [2.45, 2.75) is 68.9 Å². The Balaban J connectivity index is 0.000000232. The molecule has 7 nitrogen and oxygen atoms in total. The summed E-state index contributed by atoms with van der Waals surface area (Å²) in [5.74, 6) is 0.339. The van der Waals surface area contributed by atoms with Crippen LogP contribution in [0.25, 0.3) is 0 Å². The number of hydrogen-bond acceptors (Lipinski definition) is 8. The number of ketones is 1. The van der Waals surface area contributed by atoms with Crippen LogP contribution in [0.3, 0.4) is 0 Å². The van der Waals surface area contributed by atoms with Crippen LogP contribution in [0.15, 0.2) is 81.6 Å². The molecule has 11 heteroatoms. The second-order valence-electron chi connectivity index (χ2n) is 11.9. The van der Waals surface area contributed by atoms with E-state index in [-0.39, 0.29) is 11.2 Å². The van der Waals surface area contributed by atoms with E-state index in [1.165, 1.54) is 27.8 Å². The minimum absolute atomic E-state index is 0.121. The molecule has 3 heterocycles. The van der Waals surface area contributed by atoms with Crippen molar-refractivity contribution < 1.29 is 28.5 Å². The topological polar surface area (TPSA) is 75.6 Å². The van der Waals surface area contributed by atoms with E-state index in [1.807, 2.05) is 12.1 Å². The van der Waals surface area contributed by atoms with Crippen LogP contribution in [-0.2, 0) is 45.0 Å². The first-order valence-electron chi connectivity index (χ1n) is 16.5. The fourth-order valence-electron chi connectivity index (χ4n) is 5.69. The molecule has 0 N–H and O–H groups in total. The molecule has 0 bridgehead atoms. The van der Waals surface area contributed by atoms with E-state index < -0.39 is 0 Å². The Morgan fingerprint density at radius 2 is 1.16 bits per heavy atom. The number of carbonyl (C=O) groups excluding carboxylic acids is 1. The van der Waals surface area contributed by atoms with Crippen molar-refractivity contribution in [2.75, 3.05) is 53.9 Å². The Labute approximate surface area is 317 Å². The molecule has 1 radical (unpaired) electrons. The van der Waals surface area contributed by atoms with Crippen LogP contribution in [0.1, 0.15) is 66.3 Å². The molecule has 6 rings (SSSR count). The van der Waals surface area contributed by atoms with Crippen LogP contribution in [0.2, 0.25) is 0 Å². The Bertz CT molecular complexity index is 1360. The Hall–Kier alpha value is -1.70. The fraction of sp³-hybridized carbons (Fsp3) is 0.500. The van der Waals surface area contributed by atoms with Gasteiger partial charge in [0.1, 0.15) is 5.78 Å². The summed E-state index contributed by atoms with van der Waals surface area (Å²) >= 11 is 10.0. The minimum atomic E-state index is -0.142. The normalized spacial score (nSPS) is 17.6. The first-order valence-corrected chi connectivity index (χ1v) is 18.8. The molecule has 0 atom stereocenters. The second-order valence-corrected chi connectivity index (χ2v) is 13.6. The average molecular weight is 821 g/mol. The predicted octanol–water partition coefficient (Wildman–Crippen LogP) is 9.19. The summed E-state index contributed by atoms with van der Waals surface area (Å²) in [4.78, 5) is 10.4. The van der Waals surface area contributed by atoms with Crippen molar-refractivity contribution >= 4 is 58.1 Å². The monoisotopic (exact) mass is 818 g/mol. The molecule has 49 heavy (non-hydrogen) atoms. The van der Waals surface area contributed by atoms with Crippen molar-refractivity contribution in [3.8, 4) is 0 Å². The molecule has 0 spiro atoms. The van der Waals surface area contributed by atoms with Crippen LogP contribution in [0, 0.1) is 13.8 Å². The van der Waals surface area contributed by atoms with Crippen LogP contribution in [0.5, 0.6) is 0 Å². The molecule has 3 fully saturated rings. The van der Waals surface area contributed by atoms with E-state index in [0.29, 0.717) is 31.8 Å². The number of methoxy groups -OCH3 is 2. The number of thiol groups is 1. The van der Waals surface area contributed by atoms with E-state index >= 15 is 0 Å². The predicted molar refractivity (Wildman–Crippen MR) is 209 cm³/mol. The van der Waals surface area contributed by atoms with E-state index in [2.05, 4.69) is 131 Å². The van der Waals surface area contributed by atoms with E-state index in [9.17, 15) is 4.79 Å². The summed E-state index contributed by atoms with van der Waals surface area (Å²) in [6.45, 7) is 8.62. The molecule has 3 aromatic rings. The molecule has 0 saturated carbocycles. The summed E-state index contributed by atoms with van der Waals surface area (Å²) in [6.07, 6.45) is 5.03. The maximum atomic E-state index is 10.4. The average Bonchev–Trinajstić information content (AvgIpc) is 3.13. The molecule has 3 aliphatic rings. The maximum absolute atomic E-state index is 10.4. The number of ether oxygens (including phenoxy) is 5. The number of benzene rings is 3. The van der Waals surface area contributed by atoms with E-state index in [0.717, 1.165) is 61.9 Å². The van der Waals surface area contributed by atoms with Crippen molar-refractivity contribution in [1.29, 1.82) is 0 Å². The first kappa shape index (κ1) is 43.5. The number of alkyl halides is 1. The Kier molecular flexibility index (Phi) is 21.7. The molecular formula is C38H51BBr2NO6S. The van der Waals surface area contributed by atoms with Gasteiger partial charge in [0, 0.05) is 89.0 Å². The molecule has 3 aliphatic heterocycles. The third-order valence-corrected chi connectivity index (χ3v) is 9.71. The number of carbonyl (C=O) groups is 1. The van der Waals surface area contributed by atoms with Gasteiger partial charge in [0.25, 0.3) is 0 Å². The molecule has 3 aromatic carbocycles. The quantitative estimate of drug-likeness (QED) is 0.157. The number of halogens is 2. The SMILES string of the molecule is COC1(c2cccc(C)c2)CCOCC1.COC1(c2cccc(CBr)c2)CCOCC1.Cc1cccc(Br)c1.O=C1CCOCC1.[B]=NS. The number of hydrogen-bond donors (Lipinski definition) is 1. The van der Waals surface area contributed by atoms with Crippen molar-refractivity contribution in [3.63, 3.8) is 0 Å². The van der Waals surface area contributed by atoms with Gasteiger partial charge in [-0.2, -0.15) is 0 Å². The summed E-state index contributed by atoms with van der Waals surface area (Å²) < 4.78 is 31.1. The summed E-state index contributed by atoms with van der Waals surface area (Å²) in [5, 5.41) is 0.886. The second kappa shape index (κ2) is 24.5. The van der Waals surface area contributed by atoms with Gasteiger partial charge >= 0.3 is 24.8 Å². The van der Waals surface area contributed by atoms with Crippen LogP contribution in [0.4, 0.5) is 0 Å². The summed E-state index contributed by atoms with van der Waals surface area (Å²) in [6, 6.07) is 25.4. The number of rotatable bonds is 5. The van der Waals surface area contributed by atoms with Gasteiger partial charge in [0.05, 0.1) is 24.4 Å². The van der Waals surface area contributed by atoms with Gasteiger partial charge in [-0.3, -0.25) is 4.79 Å². The molecule has 0 aromatic heterocycles. The third kappa shape index (κ3) is 15.6. The third-order valence-electron chi connectivity index (χ3n) is 8.56. The molecular weight excluding hydrogens is 769 g/mol. The van der Waals surface area contributed by atoms with Gasteiger partial charge in [0.2, 0.25) is 0 Å². The van der Waals surface area contributed by atoms with E-state index in [4.69, 9.17) is 23.7 Å². The summed E-state index contributed by atoms with van der Waals surface area (Å²) in [5.41, 5.74) is 6.17. The molecule has 0 unspecified atom stereocenters. The van der Waals surface area contributed by atoms with Crippen LogP contribution >= 0.6 is 44.7 Å². The molecule has 0 amide bonds. The summed E-state index contributed by atoms with van der Waals surface area (Å²) in [7, 11) is 7.93. The molecule has 3 saturated heterocycles. The number of Topliss-reactive ketones (excluding diaryl/α,β-unsaturated/α-hetero) is 1. The Morgan fingerprint density at radius 1 is 0.735 bits per heavy atom. The van der Waals surface area contributed by atoms with Crippen molar-refractivity contribution in [3.05, 3.63) is 105 Å². The fourth-order valence-corrected chi connectivity index (χ4v) is 6.56. The van der Waals surface area contributed by atoms with Gasteiger partial charge in [-0.15, -0.1) is 0 Å². The number of nitrogens with zero attached hydrogens (tertiary/aromatic N) is 1. The van der Waals surface area contributed by atoms with Gasteiger partial charge in [-0.05, 0) is 42.7 Å². The van der Waals surface area contributed by atoms with Crippen LogP contribution < -0.4 is 0 Å². The van der Waals surface area contributed by atoms with Gasteiger partial charge < -0.3 is 23.7 Å². The number of aryl methyl sites for hydroxylation is 2.